The average molecular weight is 262 g/mol. The largest absolute Gasteiger partial charge is 0.463 e. The third kappa shape index (κ3) is 2.34. The van der Waals surface area contributed by atoms with Crippen LogP contribution in [0.5, 0.6) is 0 Å². The van der Waals surface area contributed by atoms with Gasteiger partial charge in [-0.2, -0.15) is 0 Å². The van der Waals surface area contributed by atoms with Gasteiger partial charge < -0.3 is 16.2 Å². The Labute approximate surface area is 107 Å². The minimum Gasteiger partial charge on any atom is -0.463 e. The van der Waals surface area contributed by atoms with Crippen LogP contribution in [0.2, 0.25) is 0 Å². The second kappa shape index (κ2) is 4.72. The number of primary amides is 1. The summed E-state index contributed by atoms with van der Waals surface area (Å²) >= 11 is 0. The fourth-order valence-corrected chi connectivity index (χ4v) is 1.39. The Morgan fingerprint density at radius 1 is 1.37 bits per heavy atom. The number of nitrogen functional groups attached to an aromatic ring is 1. The zero-order chi connectivity index (χ0) is 14.0. The van der Waals surface area contributed by atoms with E-state index in [0.717, 1.165) is 4.68 Å². The first-order valence-electron chi connectivity index (χ1n) is 5.08. The van der Waals surface area contributed by atoms with Crippen molar-refractivity contribution in [3.05, 3.63) is 30.0 Å². The van der Waals surface area contributed by atoms with Crippen molar-refractivity contribution in [1.29, 1.82) is 0 Å². The smallest absolute Gasteiger partial charge is 0.377 e. The number of nitrogens with two attached hydrogens (primary N) is 2. The van der Waals surface area contributed by atoms with Gasteiger partial charge in [0.05, 0.1) is 24.6 Å². The fourth-order valence-electron chi connectivity index (χ4n) is 1.39. The van der Waals surface area contributed by atoms with E-state index in [9.17, 15) is 9.59 Å². The molecule has 0 aliphatic rings. The van der Waals surface area contributed by atoms with Crippen LogP contribution < -0.4 is 11.5 Å². The monoisotopic (exact) mass is 262 g/mol. The maximum absolute atomic E-state index is 11.3. The zero-order valence-electron chi connectivity index (χ0n) is 9.90. The number of nitrogens with zero attached hydrogens (tertiary/aromatic N) is 4. The van der Waals surface area contributed by atoms with Gasteiger partial charge in [-0.15, -0.1) is 5.10 Å². The minimum atomic E-state index is -0.718. The van der Waals surface area contributed by atoms with Crippen LogP contribution in [0, 0.1) is 0 Å². The van der Waals surface area contributed by atoms with Gasteiger partial charge in [0.25, 0.3) is 11.7 Å². The molecular formula is C10H10N6O3. The summed E-state index contributed by atoms with van der Waals surface area (Å²) in [5.74, 6) is -1.44. The molecule has 2 aromatic rings. The van der Waals surface area contributed by atoms with Gasteiger partial charge >= 0.3 is 5.97 Å². The standard InChI is InChI=1S/C10H10N6O3/c1-19-10(18)8-14-4-16(15-8)9-6(7(12)17)2-5(11)3-13-9/h2-4H,11H2,1H3,(H2,12,17). The molecule has 4 N–H and O–H groups in total. The maximum atomic E-state index is 11.3. The second-order valence-corrected chi connectivity index (χ2v) is 3.51. The molecule has 0 saturated heterocycles. The molecule has 0 aromatic carbocycles. The highest BCUT2D eigenvalue weighted by atomic mass is 16.5. The Bertz CT molecular complexity index is 650. The fraction of sp³-hybridized carbons (Fsp3) is 0.100. The van der Waals surface area contributed by atoms with E-state index in [0.29, 0.717) is 0 Å². The normalized spacial score (nSPS) is 10.2. The number of carbonyl (C=O) groups is 2. The number of esters is 1. The van der Waals surface area contributed by atoms with E-state index in [4.69, 9.17) is 11.5 Å². The highest BCUT2D eigenvalue weighted by Gasteiger charge is 2.17. The molecule has 2 heterocycles. The number of pyridine rings is 1. The lowest BCUT2D eigenvalue weighted by atomic mass is 10.2. The maximum Gasteiger partial charge on any atom is 0.377 e. The van der Waals surface area contributed by atoms with Crippen LogP contribution in [0.1, 0.15) is 21.0 Å². The molecule has 2 aromatic heterocycles. The SMILES string of the molecule is COC(=O)c1ncn(-c2ncc(N)cc2C(N)=O)n1. The van der Waals surface area contributed by atoms with Crippen molar-refractivity contribution in [2.24, 2.45) is 5.73 Å². The number of hydrogen-bond donors (Lipinski definition) is 2. The second-order valence-electron chi connectivity index (χ2n) is 3.51. The number of amides is 1. The Morgan fingerprint density at radius 2 is 2.11 bits per heavy atom. The summed E-state index contributed by atoms with van der Waals surface area (Å²) < 4.78 is 5.62. The minimum absolute atomic E-state index is 0.0707. The molecule has 0 atom stereocenters. The van der Waals surface area contributed by atoms with Crippen molar-refractivity contribution in [1.82, 2.24) is 19.7 Å². The van der Waals surface area contributed by atoms with Crippen molar-refractivity contribution in [3.8, 4) is 5.82 Å². The molecule has 19 heavy (non-hydrogen) atoms. The molecule has 0 aliphatic carbocycles. The molecule has 0 bridgehead atoms. The molecule has 98 valence electrons. The highest BCUT2D eigenvalue weighted by molar-refractivity contribution is 5.96. The Balaban J connectivity index is 2.50. The van der Waals surface area contributed by atoms with Gasteiger partial charge in [0, 0.05) is 0 Å². The molecule has 0 aliphatic heterocycles. The topological polar surface area (TPSA) is 139 Å². The highest BCUT2D eigenvalue weighted by Crippen LogP contribution is 2.13. The van der Waals surface area contributed by atoms with Crippen molar-refractivity contribution in [2.75, 3.05) is 12.8 Å². The van der Waals surface area contributed by atoms with Gasteiger partial charge in [0.15, 0.2) is 5.82 Å². The van der Waals surface area contributed by atoms with E-state index in [2.05, 4.69) is 19.8 Å². The Hall–Kier alpha value is -2.97. The predicted octanol–water partition coefficient (Wildman–Crippen LogP) is -0.870. The lowest BCUT2D eigenvalue weighted by molar-refractivity contribution is 0.0587. The van der Waals surface area contributed by atoms with Crippen LogP contribution in [-0.2, 0) is 4.74 Å². The van der Waals surface area contributed by atoms with E-state index < -0.39 is 11.9 Å². The Kier molecular flexibility index (Phi) is 3.10. The molecule has 9 nitrogen and oxygen atoms in total. The van der Waals surface area contributed by atoms with Gasteiger partial charge in [-0.25, -0.2) is 19.4 Å². The summed E-state index contributed by atoms with van der Waals surface area (Å²) in [6, 6.07) is 1.37. The molecule has 0 saturated carbocycles. The third-order valence-electron chi connectivity index (χ3n) is 2.23. The summed E-state index contributed by atoms with van der Waals surface area (Å²) in [6.07, 6.45) is 2.55. The van der Waals surface area contributed by atoms with E-state index in [1.165, 1.54) is 25.7 Å². The molecule has 0 fully saturated rings. The first-order valence-corrected chi connectivity index (χ1v) is 5.08. The van der Waals surface area contributed by atoms with Gasteiger partial charge in [0.1, 0.15) is 6.33 Å². The first-order chi connectivity index (χ1) is 9.02. The third-order valence-corrected chi connectivity index (χ3v) is 2.23. The van der Waals surface area contributed by atoms with Crippen molar-refractivity contribution in [2.45, 2.75) is 0 Å². The molecule has 9 heteroatoms. The lowest BCUT2D eigenvalue weighted by Crippen LogP contribution is -2.17. The van der Waals surface area contributed by atoms with Gasteiger partial charge in [-0.3, -0.25) is 4.79 Å². The molecule has 1 amide bonds. The average Bonchev–Trinajstić information content (AvgIpc) is 2.87. The number of rotatable bonds is 3. The summed E-state index contributed by atoms with van der Waals surface area (Å²) in [7, 11) is 1.21. The van der Waals surface area contributed by atoms with Crippen molar-refractivity contribution < 1.29 is 14.3 Å². The van der Waals surface area contributed by atoms with Gasteiger partial charge in [0.2, 0.25) is 0 Å². The first kappa shape index (κ1) is 12.5. The zero-order valence-corrected chi connectivity index (χ0v) is 9.90. The molecule has 0 spiro atoms. The van der Waals surface area contributed by atoms with Crippen molar-refractivity contribution >= 4 is 17.6 Å². The molecular weight excluding hydrogens is 252 g/mol. The summed E-state index contributed by atoms with van der Waals surface area (Å²) in [5.41, 5.74) is 11.1. The molecule has 2 rings (SSSR count). The summed E-state index contributed by atoms with van der Waals surface area (Å²) in [6.45, 7) is 0. The van der Waals surface area contributed by atoms with E-state index in [1.54, 1.807) is 0 Å². The molecule has 0 unspecified atom stereocenters. The molecule has 0 radical (unpaired) electrons. The predicted molar refractivity (Wildman–Crippen MR) is 63.4 cm³/mol. The van der Waals surface area contributed by atoms with Crippen LogP contribution in [0.3, 0.4) is 0 Å². The van der Waals surface area contributed by atoms with Crippen LogP contribution in [0.4, 0.5) is 5.69 Å². The van der Waals surface area contributed by atoms with E-state index in [-0.39, 0.29) is 22.9 Å². The Morgan fingerprint density at radius 3 is 2.74 bits per heavy atom. The lowest BCUT2D eigenvalue weighted by Gasteiger charge is -2.05. The number of carbonyl (C=O) groups excluding carboxylic acids is 2. The van der Waals surface area contributed by atoms with Crippen LogP contribution in [0.15, 0.2) is 18.6 Å². The van der Waals surface area contributed by atoms with Crippen molar-refractivity contribution in [3.63, 3.8) is 0 Å². The summed E-state index contributed by atoms with van der Waals surface area (Å²) in [5, 5.41) is 3.84. The van der Waals surface area contributed by atoms with Crippen LogP contribution >= 0.6 is 0 Å². The number of methoxy groups -OCH3 is 1. The van der Waals surface area contributed by atoms with E-state index in [1.807, 2.05) is 0 Å². The van der Waals surface area contributed by atoms with Gasteiger partial charge in [-0.05, 0) is 6.07 Å². The van der Waals surface area contributed by atoms with Gasteiger partial charge in [-0.1, -0.05) is 0 Å². The number of anilines is 1. The number of hydrogen-bond acceptors (Lipinski definition) is 7. The summed E-state index contributed by atoms with van der Waals surface area (Å²) in [4.78, 5) is 30.2. The van der Waals surface area contributed by atoms with Crippen LogP contribution in [0.25, 0.3) is 5.82 Å². The van der Waals surface area contributed by atoms with E-state index >= 15 is 0 Å². The quantitative estimate of drug-likeness (QED) is 0.685. The van der Waals surface area contributed by atoms with Crippen LogP contribution in [-0.4, -0.2) is 38.7 Å². The number of ether oxygens (including phenoxy) is 1. The number of aromatic nitrogens is 4.